The lowest BCUT2D eigenvalue weighted by Crippen LogP contribution is -2.41. The number of rotatable bonds is 3. The fourth-order valence-corrected chi connectivity index (χ4v) is 2.64. The maximum absolute atomic E-state index is 12.0. The topological polar surface area (TPSA) is 67.4 Å². The molecule has 0 atom stereocenters. The summed E-state index contributed by atoms with van der Waals surface area (Å²) in [4.78, 5) is 23.9. The van der Waals surface area contributed by atoms with Crippen LogP contribution in [0.4, 0.5) is 0 Å². The van der Waals surface area contributed by atoms with E-state index in [-0.39, 0.29) is 0 Å². The Balaban J connectivity index is 2.00. The van der Waals surface area contributed by atoms with Gasteiger partial charge in [0.2, 0.25) is 0 Å². The first-order valence-electron chi connectivity index (χ1n) is 6.21. The summed E-state index contributed by atoms with van der Waals surface area (Å²) in [6.45, 7) is 0. The lowest BCUT2D eigenvalue weighted by molar-refractivity contribution is 0.0846. The number of hydrogen-bond donors (Lipinski definition) is 2. The molecule has 0 fully saturated rings. The Bertz CT molecular complexity index is 720. The quantitative estimate of drug-likeness (QED) is 0.738. The molecule has 2 aromatic rings. The smallest absolute Gasteiger partial charge is 0.269 e. The monoisotopic (exact) mass is 426 g/mol. The molecule has 2 N–H and O–H groups in total. The molecule has 22 heavy (non-hydrogen) atoms. The number of carbonyl (C=O) groups excluding carboxylic acids is 2. The van der Waals surface area contributed by atoms with Crippen LogP contribution < -0.4 is 15.6 Å². The van der Waals surface area contributed by atoms with Crippen LogP contribution in [0.15, 0.2) is 51.4 Å². The van der Waals surface area contributed by atoms with Crippen molar-refractivity contribution in [1.29, 1.82) is 0 Å². The third kappa shape index (κ3) is 4.08. The maximum Gasteiger partial charge on any atom is 0.269 e. The van der Waals surface area contributed by atoms with E-state index in [2.05, 4.69) is 42.7 Å². The van der Waals surface area contributed by atoms with Crippen molar-refractivity contribution in [2.24, 2.45) is 0 Å². The second-order valence-electron chi connectivity index (χ2n) is 4.27. The second-order valence-corrected chi connectivity index (χ2v) is 6.04. The van der Waals surface area contributed by atoms with E-state index < -0.39 is 11.8 Å². The third-order valence-corrected chi connectivity index (χ3v) is 3.90. The molecule has 0 aliphatic rings. The zero-order chi connectivity index (χ0) is 16.1. The van der Waals surface area contributed by atoms with Gasteiger partial charge in [0.1, 0.15) is 5.75 Å². The number of nitrogens with one attached hydrogen (secondary N) is 2. The van der Waals surface area contributed by atoms with Gasteiger partial charge in [-0.15, -0.1) is 0 Å². The van der Waals surface area contributed by atoms with Crippen molar-refractivity contribution in [2.75, 3.05) is 7.11 Å². The molecule has 0 saturated carbocycles. The average molecular weight is 428 g/mol. The van der Waals surface area contributed by atoms with Gasteiger partial charge in [0.05, 0.1) is 11.6 Å². The number of amides is 2. The Morgan fingerprint density at radius 2 is 1.59 bits per heavy atom. The molecule has 2 amide bonds. The Hall–Kier alpha value is -1.86. The molecule has 0 unspecified atom stereocenters. The van der Waals surface area contributed by atoms with Crippen LogP contribution >= 0.6 is 31.9 Å². The molecule has 0 aromatic heterocycles. The van der Waals surface area contributed by atoms with Gasteiger partial charge in [-0.2, -0.15) is 0 Å². The van der Waals surface area contributed by atoms with Crippen LogP contribution in [0.5, 0.6) is 5.75 Å². The minimum atomic E-state index is -0.424. The van der Waals surface area contributed by atoms with E-state index in [0.717, 1.165) is 4.47 Å². The Morgan fingerprint density at radius 1 is 0.955 bits per heavy atom. The van der Waals surface area contributed by atoms with Gasteiger partial charge in [-0.1, -0.05) is 22.0 Å². The summed E-state index contributed by atoms with van der Waals surface area (Å²) in [6, 6.07) is 11.7. The lowest BCUT2D eigenvalue weighted by atomic mass is 10.2. The number of methoxy groups -OCH3 is 1. The number of hydrogen-bond acceptors (Lipinski definition) is 3. The van der Waals surface area contributed by atoms with Crippen molar-refractivity contribution in [3.8, 4) is 5.75 Å². The molecule has 5 nitrogen and oxygen atoms in total. The summed E-state index contributed by atoms with van der Waals surface area (Å²) >= 11 is 6.59. The molecule has 0 spiro atoms. The number of carbonyl (C=O) groups is 2. The molecule has 0 heterocycles. The van der Waals surface area contributed by atoms with Gasteiger partial charge >= 0.3 is 0 Å². The molecule has 114 valence electrons. The molecule has 0 bridgehead atoms. The van der Waals surface area contributed by atoms with Gasteiger partial charge in [0.25, 0.3) is 11.8 Å². The molecule has 0 aliphatic carbocycles. The minimum absolute atomic E-state index is 0.391. The predicted octanol–water partition coefficient (Wildman–Crippen LogP) is 3.30. The van der Waals surface area contributed by atoms with E-state index >= 15 is 0 Å². The molecule has 2 rings (SSSR count). The van der Waals surface area contributed by atoms with Crippen molar-refractivity contribution in [1.82, 2.24) is 10.9 Å². The first-order valence-corrected chi connectivity index (χ1v) is 7.79. The summed E-state index contributed by atoms with van der Waals surface area (Å²) in [5, 5.41) is 0. The van der Waals surface area contributed by atoms with Crippen LogP contribution in [0.2, 0.25) is 0 Å². The second kappa shape index (κ2) is 7.42. The van der Waals surface area contributed by atoms with Crippen LogP contribution in [0, 0.1) is 0 Å². The number of ether oxygens (including phenoxy) is 1. The van der Waals surface area contributed by atoms with Gasteiger partial charge in [0.15, 0.2) is 0 Å². The highest BCUT2D eigenvalue weighted by molar-refractivity contribution is 9.10. The van der Waals surface area contributed by atoms with Crippen molar-refractivity contribution in [3.63, 3.8) is 0 Å². The summed E-state index contributed by atoms with van der Waals surface area (Å²) in [5.74, 6) is -0.205. The van der Waals surface area contributed by atoms with Gasteiger partial charge in [0, 0.05) is 15.6 Å². The summed E-state index contributed by atoms with van der Waals surface area (Å²) in [6.07, 6.45) is 0. The Morgan fingerprint density at radius 3 is 2.14 bits per heavy atom. The first kappa shape index (κ1) is 16.5. The molecular weight excluding hydrogens is 416 g/mol. The van der Waals surface area contributed by atoms with Crippen LogP contribution in [-0.2, 0) is 0 Å². The number of hydrazine groups is 1. The van der Waals surface area contributed by atoms with E-state index in [0.29, 0.717) is 21.3 Å². The fraction of sp³-hybridized carbons (Fsp3) is 0.0667. The standard InChI is InChI=1S/C15H12Br2N2O3/c1-22-13-6-5-10(8-12(13)17)15(21)19-18-14(20)9-3-2-4-11(16)7-9/h2-8H,1H3,(H,18,20)(H,19,21). The first-order chi connectivity index (χ1) is 10.5. The lowest BCUT2D eigenvalue weighted by Gasteiger charge is -2.09. The van der Waals surface area contributed by atoms with Gasteiger partial charge in [-0.3, -0.25) is 20.4 Å². The predicted molar refractivity (Wildman–Crippen MR) is 89.8 cm³/mol. The summed E-state index contributed by atoms with van der Waals surface area (Å²) in [5.41, 5.74) is 5.56. The highest BCUT2D eigenvalue weighted by atomic mass is 79.9. The van der Waals surface area contributed by atoms with Gasteiger partial charge in [-0.05, 0) is 52.3 Å². The van der Waals surface area contributed by atoms with E-state index in [1.165, 1.54) is 7.11 Å². The van der Waals surface area contributed by atoms with Gasteiger partial charge < -0.3 is 4.74 Å². The van der Waals surface area contributed by atoms with Crippen LogP contribution in [-0.4, -0.2) is 18.9 Å². The van der Waals surface area contributed by atoms with Crippen molar-refractivity contribution < 1.29 is 14.3 Å². The molecular formula is C15H12Br2N2O3. The van der Waals surface area contributed by atoms with E-state index in [1.807, 2.05) is 6.07 Å². The highest BCUT2D eigenvalue weighted by Crippen LogP contribution is 2.25. The summed E-state index contributed by atoms with van der Waals surface area (Å²) < 4.78 is 6.53. The fourth-order valence-electron chi connectivity index (χ4n) is 1.70. The average Bonchev–Trinajstić information content (AvgIpc) is 2.52. The zero-order valence-corrected chi connectivity index (χ0v) is 14.7. The van der Waals surface area contributed by atoms with Crippen LogP contribution in [0.25, 0.3) is 0 Å². The largest absolute Gasteiger partial charge is 0.496 e. The molecule has 0 radical (unpaired) electrons. The SMILES string of the molecule is COc1ccc(C(=O)NNC(=O)c2cccc(Br)c2)cc1Br. The van der Waals surface area contributed by atoms with E-state index in [1.54, 1.807) is 36.4 Å². The molecule has 0 saturated heterocycles. The van der Waals surface area contributed by atoms with E-state index in [4.69, 9.17) is 4.74 Å². The van der Waals surface area contributed by atoms with Crippen molar-refractivity contribution in [2.45, 2.75) is 0 Å². The normalized spacial score (nSPS) is 9.95. The van der Waals surface area contributed by atoms with E-state index in [9.17, 15) is 9.59 Å². The third-order valence-electron chi connectivity index (χ3n) is 2.79. The Kier molecular flexibility index (Phi) is 5.57. The number of benzene rings is 2. The molecule has 7 heteroatoms. The highest BCUT2D eigenvalue weighted by Gasteiger charge is 2.11. The van der Waals surface area contributed by atoms with Gasteiger partial charge in [-0.25, -0.2) is 0 Å². The minimum Gasteiger partial charge on any atom is -0.496 e. The van der Waals surface area contributed by atoms with Crippen molar-refractivity contribution >= 4 is 43.7 Å². The molecule has 2 aromatic carbocycles. The number of halogens is 2. The zero-order valence-electron chi connectivity index (χ0n) is 11.5. The van der Waals surface area contributed by atoms with Crippen molar-refractivity contribution in [3.05, 3.63) is 62.5 Å². The van der Waals surface area contributed by atoms with Crippen LogP contribution in [0.3, 0.4) is 0 Å². The molecule has 0 aliphatic heterocycles. The maximum atomic E-state index is 12.0. The summed E-state index contributed by atoms with van der Waals surface area (Å²) in [7, 11) is 1.54. The Labute approximate surface area is 144 Å². The van der Waals surface area contributed by atoms with Crippen LogP contribution in [0.1, 0.15) is 20.7 Å².